The molecule has 13 heavy (non-hydrogen) atoms. The molecule has 1 rings (SSSR count). The summed E-state index contributed by atoms with van der Waals surface area (Å²) in [7, 11) is 0. The molecule has 2 atom stereocenters. The summed E-state index contributed by atoms with van der Waals surface area (Å²) in [6, 6.07) is 0.241. The Kier molecular flexibility index (Phi) is 3.78. The first kappa shape index (κ1) is 10.1. The van der Waals surface area contributed by atoms with Crippen LogP contribution in [0.5, 0.6) is 0 Å². The summed E-state index contributed by atoms with van der Waals surface area (Å²) in [4.78, 5) is 11.1. The van der Waals surface area contributed by atoms with Gasteiger partial charge in [0.15, 0.2) is 0 Å². The second kappa shape index (κ2) is 4.88. The Morgan fingerprint density at radius 1 is 1.54 bits per heavy atom. The zero-order valence-corrected chi connectivity index (χ0v) is 7.75. The number of carbonyl (C=O) groups excluding carboxylic acids is 1. The van der Waals surface area contributed by atoms with Gasteiger partial charge in [-0.15, -0.1) is 6.42 Å². The third kappa shape index (κ3) is 3.08. The molecule has 3 N–H and O–H groups in total. The smallest absolute Gasteiger partial charge is 0.232 e. The second-order valence-electron chi connectivity index (χ2n) is 3.50. The van der Waals surface area contributed by atoms with E-state index in [0.717, 1.165) is 19.3 Å². The first-order valence-corrected chi connectivity index (χ1v) is 4.72. The van der Waals surface area contributed by atoms with Crippen molar-refractivity contribution < 1.29 is 4.79 Å². The summed E-state index contributed by atoms with van der Waals surface area (Å²) in [6.45, 7) is 0. The second-order valence-corrected chi connectivity index (χ2v) is 3.50. The number of amides is 1. The zero-order chi connectivity index (χ0) is 9.68. The normalized spacial score (nSPS) is 27.7. The molecule has 2 unspecified atom stereocenters. The lowest BCUT2D eigenvalue weighted by atomic mass is 9.91. The molecule has 1 amide bonds. The monoisotopic (exact) mass is 180 g/mol. The molecule has 1 saturated carbocycles. The number of nitrogens with two attached hydrogens (primary N) is 1. The Labute approximate surface area is 79.1 Å². The number of hydrogen-bond donors (Lipinski definition) is 2. The van der Waals surface area contributed by atoms with Gasteiger partial charge >= 0.3 is 0 Å². The lowest BCUT2D eigenvalue weighted by molar-refractivity contribution is -0.121. The molecule has 0 spiro atoms. The van der Waals surface area contributed by atoms with Gasteiger partial charge in [0.05, 0.1) is 6.42 Å². The van der Waals surface area contributed by atoms with Crippen LogP contribution >= 0.6 is 0 Å². The van der Waals surface area contributed by atoms with Crippen molar-refractivity contribution in [3.63, 3.8) is 0 Å². The molecule has 1 fully saturated rings. The first-order valence-electron chi connectivity index (χ1n) is 4.72. The average Bonchev–Trinajstić information content (AvgIpc) is 2.09. The number of carbonyl (C=O) groups is 1. The van der Waals surface area contributed by atoms with E-state index in [9.17, 15) is 4.79 Å². The predicted molar refractivity (Wildman–Crippen MR) is 51.8 cm³/mol. The lowest BCUT2D eigenvalue weighted by Gasteiger charge is -2.29. The van der Waals surface area contributed by atoms with Gasteiger partial charge in [-0.2, -0.15) is 0 Å². The van der Waals surface area contributed by atoms with Crippen molar-refractivity contribution in [2.24, 2.45) is 5.73 Å². The summed E-state index contributed by atoms with van der Waals surface area (Å²) in [5, 5.41) is 2.86. The molecule has 0 aromatic heterocycles. The highest BCUT2D eigenvalue weighted by atomic mass is 16.1. The summed E-state index contributed by atoms with van der Waals surface area (Å²) < 4.78 is 0. The van der Waals surface area contributed by atoms with Crippen LogP contribution in [0.3, 0.4) is 0 Å². The van der Waals surface area contributed by atoms with E-state index in [1.807, 2.05) is 0 Å². The van der Waals surface area contributed by atoms with E-state index in [-0.39, 0.29) is 24.4 Å². The van der Waals surface area contributed by atoms with E-state index >= 15 is 0 Å². The minimum atomic E-state index is -0.0788. The van der Waals surface area contributed by atoms with E-state index in [1.165, 1.54) is 6.42 Å². The van der Waals surface area contributed by atoms with Crippen molar-refractivity contribution in [3.8, 4) is 12.3 Å². The number of terminal acetylenes is 1. The van der Waals surface area contributed by atoms with Gasteiger partial charge < -0.3 is 11.1 Å². The van der Waals surface area contributed by atoms with Crippen LogP contribution in [-0.4, -0.2) is 18.0 Å². The van der Waals surface area contributed by atoms with E-state index in [0.29, 0.717) is 0 Å². The van der Waals surface area contributed by atoms with Crippen LogP contribution in [0, 0.1) is 12.3 Å². The fraction of sp³-hybridized carbons (Fsp3) is 0.700. The van der Waals surface area contributed by atoms with Crippen molar-refractivity contribution in [1.29, 1.82) is 0 Å². The van der Waals surface area contributed by atoms with Crippen molar-refractivity contribution in [1.82, 2.24) is 5.32 Å². The molecule has 0 radical (unpaired) electrons. The topological polar surface area (TPSA) is 55.1 Å². The van der Waals surface area contributed by atoms with Gasteiger partial charge in [-0.25, -0.2) is 0 Å². The molecule has 0 saturated heterocycles. The molecule has 0 aromatic carbocycles. The van der Waals surface area contributed by atoms with Gasteiger partial charge in [0, 0.05) is 12.1 Å². The quantitative estimate of drug-likeness (QED) is 0.604. The fourth-order valence-electron chi connectivity index (χ4n) is 1.69. The van der Waals surface area contributed by atoms with Crippen LogP contribution in [0.15, 0.2) is 0 Å². The summed E-state index contributed by atoms with van der Waals surface area (Å²) >= 11 is 0. The van der Waals surface area contributed by atoms with Crippen molar-refractivity contribution in [3.05, 3.63) is 0 Å². The minimum Gasteiger partial charge on any atom is -0.351 e. The number of rotatable bonds is 2. The first-order chi connectivity index (χ1) is 6.24. The van der Waals surface area contributed by atoms with Crippen LogP contribution in [-0.2, 0) is 4.79 Å². The van der Waals surface area contributed by atoms with Gasteiger partial charge in [0.1, 0.15) is 0 Å². The van der Waals surface area contributed by atoms with Crippen LogP contribution in [0.4, 0.5) is 0 Å². The summed E-state index contributed by atoms with van der Waals surface area (Å²) in [5.74, 6) is 2.24. The molecule has 0 aromatic rings. The minimum absolute atomic E-state index is 0.0788. The Morgan fingerprint density at radius 3 is 2.85 bits per heavy atom. The Bertz CT molecular complexity index is 219. The Hall–Kier alpha value is -1.01. The molecule has 3 nitrogen and oxygen atoms in total. The van der Waals surface area contributed by atoms with Crippen LogP contribution in [0.25, 0.3) is 0 Å². The highest BCUT2D eigenvalue weighted by Gasteiger charge is 2.22. The summed E-state index contributed by atoms with van der Waals surface area (Å²) in [6.07, 6.45) is 9.48. The van der Waals surface area contributed by atoms with E-state index in [4.69, 9.17) is 12.2 Å². The third-order valence-electron chi connectivity index (χ3n) is 2.43. The molecule has 0 heterocycles. The van der Waals surface area contributed by atoms with E-state index < -0.39 is 0 Å². The van der Waals surface area contributed by atoms with Gasteiger partial charge in [0.25, 0.3) is 0 Å². The SMILES string of the molecule is C#CCC(=O)NC1CCCCC1N. The highest BCUT2D eigenvalue weighted by Crippen LogP contribution is 2.16. The highest BCUT2D eigenvalue weighted by molar-refractivity contribution is 5.78. The number of hydrogen-bond acceptors (Lipinski definition) is 2. The fourth-order valence-corrected chi connectivity index (χ4v) is 1.69. The molecule has 1 aliphatic carbocycles. The van der Waals surface area contributed by atoms with Crippen molar-refractivity contribution >= 4 is 5.91 Å². The Morgan fingerprint density at radius 2 is 2.23 bits per heavy atom. The molecular formula is C10H16N2O. The standard InChI is InChI=1S/C10H16N2O/c1-2-5-10(13)12-9-7-4-3-6-8(9)11/h1,8-9H,3-7,11H2,(H,12,13). The van der Waals surface area contributed by atoms with Crippen LogP contribution < -0.4 is 11.1 Å². The van der Waals surface area contributed by atoms with Gasteiger partial charge in [0.2, 0.25) is 5.91 Å². The largest absolute Gasteiger partial charge is 0.351 e. The van der Waals surface area contributed by atoms with E-state index in [2.05, 4.69) is 11.2 Å². The van der Waals surface area contributed by atoms with E-state index in [1.54, 1.807) is 0 Å². The molecule has 0 aliphatic heterocycles. The predicted octanol–water partition coefficient (Wildman–Crippen LogP) is 0.396. The maximum absolute atomic E-state index is 11.1. The van der Waals surface area contributed by atoms with Crippen molar-refractivity contribution in [2.45, 2.75) is 44.2 Å². The van der Waals surface area contributed by atoms with Gasteiger partial charge in [-0.05, 0) is 12.8 Å². The molecular weight excluding hydrogens is 164 g/mol. The zero-order valence-electron chi connectivity index (χ0n) is 7.75. The van der Waals surface area contributed by atoms with Crippen LogP contribution in [0.1, 0.15) is 32.1 Å². The maximum Gasteiger partial charge on any atom is 0.232 e. The van der Waals surface area contributed by atoms with Gasteiger partial charge in [-0.1, -0.05) is 18.8 Å². The molecule has 1 aliphatic rings. The van der Waals surface area contributed by atoms with Crippen LogP contribution in [0.2, 0.25) is 0 Å². The van der Waals surface area contributed by atoms with Gasteiger partial charge in [-0.3, -0.25) is 4.79 Å². The van der Waals surface area contributed by atoms with Crippen molar-refractivity contribution in [2.75, 3.05) is 0 Å². The summed E-state index contributed by atoms with van der Waals surface area (Å²) in [5.41, 5.74) is 5.86. The molecule has 72 valence electrons. The number of nitrogens with one attached hydrogen (secondary N) is 1. The third-order valence-corrected chi connectivity index (χ3v) is 2.43. The average molecular weight is 180 g/mol. The molecule has 0 bridgehead atoms. The Balaban J connectivity index is 2.34. The lowest BCUT2D eigenvalue weighted by Crippen LogP contribution is -2.49. The maximum atomic E-state index is 11.1. The molecule has 3 heteroatoms.